The summed E-state index contributed by atoms with van der Waals surface area (Å²) >= 11 is 0. The van der Waals surface area contributed by atoms with Crippen LogP contribution in [0.15, 0.2) is 59.5 Å². The summed E-state index contributed by atoms with van der Waals surface area (Å²) in [6.45, 7) is 2.00. The summed E-state index contributed by atoms with van der Waals surface area (Å²) in [4.78, 5) is 0.257. The predicted octanol–water partition coefficient (Wildman–Crippen LogP) is 3.09. The fourth-order valence-corrected chi connectivity index (χ4v) is 5.75. The molecule has 0 saturated heterocycles. The van der Waals surface area contributed by atoms with Crippen molar-refractivity contribution in [2.24, 2.45) is 5.41 Å². The first-order valence-corrected chi connectivity index (χ1v) is 9.27. The van der Waals surface area contributed by atoms with Gasteiger partial charge in [0.05, 0.1) is 22.8 Å². The molecule has 3 atom stereocenters. The zero-order valence-corrected chi connectivity index (χ0v) is 14.5. The molecule has 2 aromatic rings. The Hall–Kier alpha value is -2.16. The van der Waals surface area contributed by atoms with Crippen molar-refractivity contribution in [2.75, 3.05) is 13.7 Å². The Kier molecular flexibility index (Phi) is 4.20. The molecule has 0 aliphatic heterocycles. The van der Waals surface area contributed by atoms with Gasteiger partial charge in [-0.2, -0.15) is 5.26 Å². The van der Waals surface area contributed by atoms with E-state index in [-0.39, 0.29) is 17.4 Å². The number of hydrogen-bond acceptors (Lipinski definition) is 4. The second-order valence-corrected chi connectivity index (χ2v) is 8.32. The van der Waals surface area contributed by atoms with Gasteiger partial charge in [0.2, 0.25) is 0 Å². The van der Waals surface area contributed by atoms with Crippen molar-refractivity contribution in [2.45, 2.75) is 23.0 Å². The molecule has 2 aromatic carbocycles. The van der Waals surface area contributed by atoms with Crippen LogP contribution in [0.5, 0.6) is 0 Å². The molecule has 3 rings (SSSR count). The van der Waals surface area contributed by atoms with Gasteiger partial charge in [-0.25, -0.2) is 8.42 Å². The molecule has 1 aliphatic carbocycles. The standard InChI is InChI=1S/C19H19NO3S/c1-14-8-10-16(11-9-14)24(21,22)18-17(15-6-4-3-5-7-15)19(18,12-20)13-23-2/h3-11,17-18H,13H2,1-2H3/t17-,18-,19+/m0/s1. The maximum Gasteiger partial charge on any atom is 0.183 e. The molecular formula is C19H19NO3S. The number of hydrogen-bond donors (Lipinski definition) is 0. The van der Waals surface area contributed by atoms with E-state index >= 15 is 0 Å². The van der Waals surface area contributed by atoms with Crippen LogP contribution in [0.25, 0.3) is 0 Å². The largest absolute Gasteiger partial charge is 0.383 e. The van der Waals surface area contributed by atoms with Crippen LogP contribution in [0.2, 0.25) is 0 Å². The van der Waals surface area contributed by atoms with Gasteiger partial charge in [0.1, 0.15) is 5.41 Å². The van der Waals surface area contributed by atoms with Crippen molar-refractivity contribution in [1.82, 2.24) is 0 Å². The highest BCUT2D eigenvalue weighted by Crippen LogP contribution is 2.63. The Bertz CT molecular complexity index is 869. The highest BCUT2D eigenvalue weighted by Gasteiger charge is 2.72. The molecule has 124 valence electrons. The fraction of sp³-hybridized carbons (Fsp3) is 0.316. The molecular weight excluding hydrogens is 322 g/mol. The number of aryl methyl sites for hydroxylation is 1. The normalized spacial score (nSPS) is 25.9. The quantitative estimate of drug-likeness (QED) is 0.838. The lowest BCUT2D eigenvalue weighted by atomic mass is 10.0. The minimum atomic E-state index is -3.62. The molecule has 0 amide bonds. The molecule has 1 fully saturated rings. The average Bonchev–Trinajstić information content (AvgIpc) is 3.26. The summed E-state index contributed by atoms with van der Waals surface area (Å²) in [5.74, 6) is -0.380. The summed E-state index contributed by atoms with van der Waals surface area (Å²) in [6, 6.07) is 18.3. The van der Waals surface area contributed by atoms with Crippen LogP contribution in [0, 0.1) is 23.7 Å². The van der Waals surface area contributed by atoms with E-state index in [1.807, 2.05) is 37.3 Å². The summed E-state index contributed by atoms with van der Waals surface area (Å²) in [6.07, 6.45) is 0. The SMILES string of the molecule is COC[C@]1(C#N)[C@@H](c2ccccc2)[C@@H]1S(=O)(=O)c1ccc(C)cc1. The van der Waals surface area contributed by atoms with E-state index in [9.17, 15) is 13.7 Å². The third-order valence-electron chi connectivity index (χ3n) is 4.69. The fourth-order valence-electron chi connectivity index (χ4n) is 3.44. The van der Waals surface area contributed by atoms with Gasteiger partial charge >= 0.3 is 0 Å². The van der Waals surface area contributed by atoms with Crippen LogP contribution in [0.3, 0.4) is 0 Å². The maximum atomic E-state index is 13.1. The van der Waals surface area contributed by atoms with Crippen LogP contribution in [0.4, 0.5) is 0 Å². The third kappa shape index (κ3) is 2.52. The first-order valence-electron chi connectivity index (χ1n) is 7.73. The first-order chi connectivity index (χ1) is 11.5. The van der Waals surface area contributed by atoms with Crippen LogP contribution in [-0.4, -0.2) is 27.4 Å². The van der Waals surface area contributed by atoms with Gasteiger partial charge in [-0.1, -0.05) is 48.0 Å². The highest BCUT2D eigenvalue weighted by atomic mass is 32.2. The summed E-state index contributed by atoms with van der Waals surface area (Å²) in [5, 5.41) is 8.96. The molecule has 1 saturated carbocycles. The van der Waals surface area contributed by atoms with Crippen molar-refractivity contribution < 1.29 is 13.2 Å². The number of nitriles is 1. The molecule has 0 aromatic heterocycles. The molecule has 0 spiro atoms. The number of ether oxygens (including phenoxy) is 1. The monoisotopic (exact) mass is 341 g/mol. The Morgan fingerprint density at radius 1 is 1.12 bits per heavy atom. The second-order valence-electron chi connectivity index (χ2n) is 6.25. The van der Waals surface area contributed by atoms with Gasteiger partial charge in [-0.15, -0.1) is 0 Å². The first kappa shape index (κ1) is 16.7. The van der Waals surface area contributed by atoms with E-state index in [0.717, 1.165) is 11.1 Å². The van der Waals surface area contributed by atoms with Gasteiger partial charge < -0.3 is 4.74 Å². The molecule has 5 heteroatoms. The Morgan fingerprint density at radius 3 is 2.29 bits per heavy atom. The molecule has 0 heterocycles. The molecule has 0 radical (unpaired) electrons. The lowest BCUT2D eigenvalue weighted by Gasteiger charge is -2.08. The zero-order valence-electron chi connectivity index (χ0n) is 13.6. The van der Waals surface area contributed by atoms with E-state index in [2.05, 4.69) is 6.07 Å². The zero-order chi connectivity index (χ0) is 17.4. The van der Waals surface area contributed by atoms with Gasteiger partial charge in [0.15, 0.2) is 9.84 Å². The van der Waals surface area contributed by atoms with Crippen LogP contribution in [-0.2, 0) is 14.6 Å². The summed E-state index contributed by atoms with van der Waals surface area (Å²) in [7, 11) is -2.13. The molecule has 0 bridgehead atoms. The van der Waals surface area contributed by atoms with Crippen LogP contribution < -0.4 is 0 Å². The Morgan fingerprint density at radius 2 is 1.75 bits per heavy atom. The number of benzene rings is 2. The Balaban J connectivity index is 2.07. The molecule has 0 unspecified atom stereocenters. The van der Waals surface area contributed by atoms with E-state index < -0.39 is 20.5 Å². The average molecular weight is 341 g/mol. The molecule has 24 heavy (non-hydrogen) atoms. The van der Waals surface area contributed by atoms with Crippen LogP contribution in [0.1, 0.15) is 17.0 Å². The predicted molar refractivity (Wildman–Crippen MR) is 91.3 cm³/mol. The van der Waals surface area contributed by atoms with Crippen molar-refractivity contribution in [3.8, 4) is 6.07 Å². The summed E-state index contributed by atoms with van der Waals surface area (Å²) < 4.78 is 31.5. The van der Waals surface area contributed by atoms with Crippen molar-refractivity contribution in [1.29, 1.82) is 5.26 Å². The van der Waals surface area contributed by atoms with E-state index in [1.165, 1.54) is 7.11 Å². The van der Waals surface area contributed by atoms with E-state index in [1.54, 1.807) is 24.3 Å². The van der Waals surface area contributed by atoms with Crippen LogP contribution >= 0.6 is 0 Å². The molecule has 0 N–H and O–H groups in total. The second kappa shape index (κ2) is 6.04. The number of rotatable bonds is 5. The van der Waals surface area contributed by atoms with Gasteiger partial charge in [-0.05, 0) is 24.6 Å². The lowest BCUT2D eigenvalue weighted by molar-refractivity contribution is 0.162. The van der Waals surface area contributed by atoms with Crippen molar-refractivity contribution in [3.05, 3.63) is 65.7 Å². The lowest BCUT2D eigenvalue weighted by Crippen LogP contribution is -2.19. The number of nitrogens with zero attached hydrogens (tertiary/aromatic N) is 1. The van der Waals surface area contributed by atoms with E-state index in [4.69, 9.17) is 4.74 Å². The minimum absolute atomic E-state index is 0.0961. The van der Waals surface area contributed by atoms with E-state index in [0.29, 0.717) is 0 Å². The summed E-state index contributed by atoms with van der Waals surface area (Å²) in [5.41, 5.74) is 0.810. The number of sulfone groups is 1. The van der Waals surface area contributed by atoms with Gasteiger partial charge in [-0.3, -0.25) is 0 Å². The molecule has 4 nitrogen and oxygen atoms in total. The third-order valence-corrected chi connectivity index (χ3v) is 6.98. The van der Waals surface area contributed by atoms with Gasteiger partial charge in [0.25, 0.3) is 0 Å². The minimum Gasteiger partial charge on any atom is -0.383 e. The Labute approximate surface area is 142 Å². The van der Waals surface area contributed by atoms with Crippen molar-refractivity contribution in [3.63, 3.8) is 0 Å². The maximum absolute atomic E-state index is 13.1. The highest BCUT2D eigenvalue weighted by molar-refractivity contribution is 7.92. The van der Waals surface area contributed by atoms with Gasteiger partial charge in [0, 0.05) is 13.0 Å². The molecule has 1 aliphatic rings. The number of methoxy groups -OCH3 is 1. The van der Waals surface area contributed by atoms with Crippen molar-refractivity contribution >= 4 is 9.84 Å². The smallest absolute Gasteiger partial charge is 0.183 e. The topological polar surface area (TPSA) is 67.2 Å².